The number of thiazole rings is 1. The quantitative estimate of drug-likeness (QED) is 0.540. The van der Waals surface area contributed by atoms with E-state index in [0.29, 0.717) is 5.75 Å². The molecule has 0 saturated carbocycles. The molecule has 0 aliphatic rings. The fourth-order valence-corrected chi connectivity index (χ4v) is 3.85. The van der Waals surface area contributed by atoms with E-state index in [0.717, 1.165) is 32.3 Å². The number of aromatic hydroxyl groups is 1. The standard InChI is InChI=1S/C21H16N2O2S/c1-25-18-8-7-16(13-17(18)24)20-19(14-9-11-22-12-10-14)23-21(26-20)15-5-3-2-4-6-15/h2-13,24H,1H3. The Balaban J connectivity index is 1.90. The predicted octanol–water partition coefficient (Wildman–Crippen LogP) is 5.25. The Bertz CT molecular complexity index is 1030. The van der Waals surface area contributed by atoms with Crippen LogP contribution in [-0.4, -0.2) is 22.2 Å². The van der Waals surface area contributed by atoms with Crippen molar-refractivity contribution in [2.45, 2.75) is 0 Å². The van der Waals surface area contributed by atoms with Crippen LogP contribution in [0.3, 0.4) is 0 Å². The number of phenols is 1. The summed E-state index contributed by atoms with van der Waals surface area (Å²) in [6.07, 6.45) is 3.51. The van der Waals surface area contributed by atoms with E-state index in [9.17, 15) is 5.11 Å². The molecule has 128 valence electrons. The average molecular weight is 360 g/mol. The molecule has 4 aromatic rings. The van der Waals surface area contributed by atoms with Gasteiger partial charge in [-0.1, -0.05) is 30.3 Å². The van der Waals surface area contributed by atoms with E-state index in [4.69, 9.17) is 9.72 Å². The average Bonchev–Trinajstić information content (AvgIpc) is 3.15. The molecule has 0 amide bonds. The summed E-state index contributed by atoms with van der Waals surface area (Å²) in [6.45, 7) is 0. The Morgan fingerprint density at radius 1 is 0.885 bits per heavy atom. The predicted molar refractivity (Wildman–Crippen MR) is 104 cm³/mol. The van der Waals surface area contributed by atoms with Gasteiger partial charge in [-0.25, -0.2) is 4.98 Å². The number of benzene rings is 2. The zero-order valence-electron chi connectivity index (χ0n) is 14.1. The van der Waals surface area contributed by atoms with Gasteiger partial charge in [-0.05, 0) is 35.9 Å². The summed E-state index contributed by atoms with van der Waals surface area (Å²) >= 11 is 1.60. The van der Waals surface area contributed by atoms with Gasteiger partial charge in [-0.2, -0.15) is 0 Å². The van der Waals surface area contributed by atoms with Crippen molar-refractivity contribution in [3.8, 4) is 43.8 Å². The van der Waals surface area contributed by atoms with Crippen LogP contribution in [0, 0.1) is 0 Å². The van der Waals surface area contributed by atoms with Crippen molar-refractivity contribution in [2.75, 3.05) is 7.11 Å². The largest absolute Gasteiger partial charge is 0.504 e. The van der Waals surface area contributed by atoms with Crippen LogP contribution >= 0.6 is 11.3 Å². The summed E-state index contributed by atoms with van der Waals surface area (Å²) in [4.78, 5) is 9.96. The lowest BCUT2D eigenvalue weighted by Gasteiger charge is -2.06. The molecule has 2 heterocycles. The zero-order valence-corrected chi connectivity index (χ0v) is 14.9. The van der Waals surface area contributed by atoms with E-state index in [2.05, 4.69) is 4.98 Å². The molecular formula is C21H16N2O2S. The molecule has 0 fully saturated rings. The van der Waals surface area contributed by atoms with E-state index >= 15 is 0 Å². The third kappa shape index (κ3) is 3.05. The zero-order chi connectivity index (χ0) is 17.9. The summed E-state index contributed by atoms with van der Waals surface area (Å²) < 4.78 is 5.15. The molecule has 5 heteroatoms. The first-order valence-electron chi connectivity index (χ1n) is 8.10. The lowest BCUT2D eigenvalue weighted by atomic mass is 10.1. The second-order valence-corrected chi connectivity index (χ2v) is 6.68. The van der Waals surface area contributed by atoms with Gasteiger partial charge in [0, 0.05) is 23.5 Å². The van der Waals surface area contributed by atoms with Crippen LogP contribution in [0.1, 0.15) is 0 Å². The van der Waals surface area contributed by atoms with Crippen LogP contribution in [0.25, 0.3) is 32.3 Å². The van der Waals surface area contributed by atoms with Crippen molar-refractivity contribution in [1.82, 2.24) is 9.97 Å². The third-order valence-electron chi connectivity index (χ3n) is 4.04. The highest BCUT2D eigenvalue weighted by Crippen LogP contribution is 2.42. The lowest BCUT2D eigenvalue weighted by Crippen LogP contribution is -1.86. The van der Waals surface area contributed by atoms with Crippen LogP contribution in [-0.2, 0) is 0 Å². The second-order valence-electron chi connectivity index (χ2n) is 5.69. The molecule has 0 unspecified atom stereocenters. The lowest BCUT2D eigenvalue weighted by molar-refractivity contribution is 0.373. The highest BCUT2D eigenvalue weighted by molar-refractivity contribution is 7.19. The molecule has 0 atom stereocenters. The van der Waals surface area contributed by atoms with Crippen molar-refractivity contribution in [3.05, 3.63) is 73.1 Å². The molecule has 4 rings (SSSR count). The Morgan fingerprint density at radius 2 is 1.65 bits per heavy atom. The number of ether oxygens (including phenoxy) is 1. The maximum absolute atomic E-state index is 10.2. The molecule has 0 spiro atoms. The first-order chi connectivity index (χ1) is 12.8. The van der Waals surface area contributed by atoms with Gasteiger partial charge >= 0.3 is 0 Å². The molecule has 26 heavy (non-hydrogen) atoms. The van der Waals surface area contributed by atoms with Crippen molar-refractivity contribution in [1.29, 1.82) is 0 Å². The molecule has 4 nitrogen and oxygen atoms in total. The fourth-order valence-electron chi connectivity index (χ4n) is 2.76. The van der Waals surface area contributed by atoms with Crippen LogP contribution in [0.4, 0.5) is 0 Å². The number of phenolic OH excluding ortho intramolecular Hbond substituents is 1. The Labute approximate surface area is 155 Å². The summed E-state index contributed by atoms with van der Waals surface area (Å²) in [5, 5.41) is 11.1. The number of nitrogens with zero attached hydrogens (tertiary/aromatic N) is 2. The van der Waals surface area contributed by atoms with Gasteiger partial charge < -0.3 is 9.84 Å². The van der Waals surface area contributed by atoms with Gasteiger partial charge in [-0.15, -0.1) is 11.3 Å². The van der Waals surface area contributed by atoms with Crippen LogP contribution < -0.4 is 4.74 Å². The fraction of sp³-hybridized carbons (Fsp3) is 0.0476. The third-order valence-corrected chi connectivity index (χ3v) is 5.20. The van der Waals surface area contributed by atoms with E-state index < -0.39 is 0 Å². The Kier molecular flexibility index (Phi) is 4.37. The maximum Gasteiger partial charge on any atom is 0.160 e. The smallest absolute Gasteiger partial charge is 0.160 e. The first kappa shape index (κ1) is 16.3. The number of hydrogen-bond acceptors (Lipinski definition) is 5. The molecule has 2 aromatic heterocycles. The monoisotopic (exact) mass is 360 g/mol. The van der Waals surface area contributed by atoms with E-state index in [-0.39, 0.29) is 5.75 Å². The first-order valence-corrected chi connectivity index (χ1v) is 8.92. The highest BCUT2D eigenvalue weighted by atomic mass is 32.1. The topological polar surface area (TPSA) is 55.2 Å². The van der Waals surface area contributed by atoms with Crippen LogP contribution in [0.5, 0.6) is 11.5 Å². The summed E-state index contributed by atoms with van der Waals surface area (Å²) in [7, 11) is 1.54. The van der Waals surface area contributed by atoms with Gasteiger partial charge in [0.15, 0.2) is 11.5 Å². The normalized spacial score (nSPS) is 10.7. The van der Waals surface area contributed by atoms with Gasteiger partial charge in [0.25, 0.3) is 0 Å². The summed E-state index contributed by atoms with van der Waals surface area (Å²) in [5.74, 6) is 0.562. The minimum absolute atomic E-state index is 0.111. The van der Waals surface area contributed by atoms with Gasteiger partial charge in [0.2, 0.25) is 0 Å². The van der Waals surface area contributed by atoms with Crippen molar-refractivity contribution >= 4 is 11.3 Å². The molecule has 0 saturated heterocycles. The number of aromatic nitrogens is 2. The molecular weight excluding hydrogens is 344 g/mol. The Hall–Kier alpha value is -3.18. The van der Waals surface area contributed by atoms with Crippen LogP contribution in [0.2, 0.25) is 0 Å². The molecule has 0 aliphatic carbocycles. The molecule has 0 bridgehead atoms. The van der Waals surface area contributed by atoms with Gasteiger partial charge in [0.1, 0.15) is 5.01 Å². The molecule has 0 aliphatic heterocycles. The van der Waals surface area contributed by atoms with Crippen molar-refractivity contribution in [2.24, 2.45) is 0 Å². The van der Waals surface area contributed by atoms with E-state index in [1.165, 1.54) is 7.11 Å². The molecule has 0 radical (unpaired) electrons. The van der Waals surface area contributed by atoms with Crippen molar-refractivity contribution in [3.63, 3.8) is 0 Å². The van der Waals surface area contributed by atoms with E-state index in [1.807, 2.05) is 48.5 Å². The molecule has 1 N–H and O–H groups in total. The van der Waals surface area contributed by atoms with Crippen molar-refractivity contribution < 1.29 is 9.84 Å². The van der Waals surface area contributed by atoms with E-state index in [1.54, 1.807) is 35.9 Å². The molecule has 2 aromatic carbocycles. The van der Waals surface area contributed by atoms with Gasteiger partial charge in [0.05, 0.1) is 17.7 Å². The van der Waals surface area contributed by atoms with Gasteiger partial charge in [-0.3, -0.25) is 4.98 Å². The number of rotatable bonds is 4. The highest BCUT2D eigenvalue weighted by Gasteiger charge is 2.17. The summed E-state index contributed by atoms with van der Waals surface area (Å²) in [6, 6.07) is 19.4. The minimum Gasteiger partial charge on any atom is -0.504 e. The number of methoxy groups -OCH3 is 1. The second kappa shape index (κ2) is 6.98. The minimum atomic E-state index is 0.111. The Morgan fingerprint density at radius 3 is 2.35 bits per heavy atom. The number of hydrogen-bond donors (Lipinski definition) is 1. The van der Waals surface area contributed by atoms with Crippen LogP contribution in [0.15, 0.2) is 73.1 Å². The maximum atomic E-state index is 10.2. The SMILES string of the molecule is COc1ccc(-c2sc(-c3ccccc3)nc2-c2ccncc2)cc1O. The number of pyridine rings is 1. The summed E-state index contributed by atoms with van der Waals surface area (Å²) in [5.41, 5.74) is 3.83.